The molecule has 2 atom stereocenters. The topological polar surface area (TPSA) is 88.7 Å². The summed E-state index contributed by atoms with van der Waals surface area (Å²) in [5.41, 5.74) is 8.06. The summed E-state index contributed by atoms with van der Waals surface area (Å²) in [6.07, 6.45) is 4.10. The average Bonchev–Trinajstić information content (AvgIpc) is 2.99. The molecular weight excluding hydrogens is 254 g/mol. The van der Waals surface area contributed by atoms with Gasteiger partial charge in [0.2, 0.25) is 5.95 Å². The molecule has 7 heteroatoms. The van der Waals surface area contributed by atoms with Gasteiger partial charge in [-0.2, -0.15) is 10.1 Å². The van der Waals surface area contributed by atoms with E-state index in [1.165, 1.54) is 0 Å². The molecule has 1 saturated heterocycles. The van der Waals surface area contributed by atoms with E-state index in [0.717, 1.165) is 42.4 Å². The summed E-state index contributed by atoms with van der Waals surface area (Å²) in [4.78, 5) is 6.79. The van der Waals surface area contributed by atoms with Crippen LogP contribution in [0.1, 0.15) is 25.5 Å². The summed E-state index contributed by atoms with van der Waals surface area (Å²) in [7, 11) is 1.90. The molecule has 1 fully saturated rings. The maximum absolute atomic E-state index is 6.13. The molecule has 0 bridgehead atoms. The zero-order chi connectivity index (χ0) is 14.3. The fourth-order valence-electron chi connectivity index (χ4n) is 2.79. The Morgan fingerprint density at radius 1 is 1.45 bits per heavy atom. The van der Waals surface area contributed by atoms with Crippen molar-refractivity contribution in [1.82, 2.24) is 25.0 Å². The summed E-state index contributed by atoms with van der Waals surface area (Å²) in [6, 6.07) is 0.452. The van der Waals surface area contributed by atoms with Crippen LogP contribution in [0, 0.1) is 6.92 Å². The molecule has 0 spiro atoms. The third-order valence-electron chi connectivity index (χ3n) is 4.05. The Hall–Kier alpha value is -1.89. The zero-order valence-corrected chi connectivity index (χ0v) is 12.2. The quantitative estimate of drug-likeness (QED) is 0.847. The summed E-state index contributed by atoms with van der Waals surface area (Å²) < 4.78 is 1.78. The Labute approximate surface area is 118 Å². The Balaban J connectivity index is 1.88. The van der Waals surface area contributed by atoms with Gasteiger partial charge in [0.15, 0.2) is 5.82 Å². The fraction of sp³-hybridized carbons (Fsp3) is 0.615. The van der Waals surface area contributed by atoms with Crippen molar-refractivity contribution in [3.8, 4) is 11.4 Å². The normalized spacial score (nSPS) is 23.3. The van der Waals surface area contributed by atoms with Gasteiger partial charge in [0, 0.05) is 31.9 Å². The van der Waals surface area contributed by atoms with E-state index in [-0.39, 0.29) is 12.1 Å². The van der Waals surface area contributed by atoms with Gasteiger partial charge >= 0.3 is 0 Å². The summed E-state index contributed by atoms with van der Waals surface area (Å²) in [5.74, 6) is 1.49. The van der Waals surface area contributed by atoms with Gasteiger partial charge in [-0.3, -0.25) is 9.78 Å². The van der Waals surface area contributed by atoms with Crippen molar-refractivity contribution in [3.63, 3.8) is 0 Å². The lowest BCUT2D eigenvalue weighted by Crippen LogP contribution is -2.50. The van der Waals surface area contributed by atoms with Crippen molar-refractivity contribution in [2.24, 2.45) is 12.8 Å². The van der Waals surface area contributed by atoms with Gasteiger partial charge in [-0.05, 0) is 26.7 Å². The van der Waals surface area contributed by atoms with Crippen LogP contribution in [-0.2, 0) is 7.05 Å². The molecule has 7 nitrogen and oxygen atoms in total. The second-order valence-corrected chi connectivity index (χ2v) is 5.53. The summed E-state index contributed by atoms with van der Waals surface area (Å²) in [5, 5.41) is 11.7. The Kier molecular flexibility index (Phi) is 3.21. The van der Waals surface area contributed by atoms with Crippen LogP contribution in [0.15, 0.2) is 6.20 Å². The number of rotatable bonds is 2. The lowest BCUT2D eigenvalue weighted by molar-refractivity contribution is 0.416. The maximum atomic E-state index is 6.13. The first kappa shape index (κ1) is 13.1. The van der Waals surface area contributed by atoms with E-state index in [2.05, 4.69) is 32.1 Å². The van der Waals surface area contributed by atoms with Crippen LogP contribution in [0.25, 0.3) is 11.4 Å². The van der Waals surface area contributed by atoms with Crippen molar-refractivity contribution in [3.05, 3.63) is 11.9 Å². The Morgan fingerprint density at radius 3 is 2.95 bits per heavy atom. The lowest BCUT2D eigenvalue weighted by atomic mass is 9.99. The number of hydrogen-bond donors (Lipinski definition) is 2. The van der Waals surface area contributed by atoms with Gasteiger partial charge in [0.05, 0.1) is 11.3 Å². The number of hydrogen-bond acceptors (Lipinski definition) is 5. The Bertz CT molecular complexity index is 600. The summed E-state index contributed by atoms with van der Waals surface area (Å²) >= 11 is 0. The van der Waals surface area contributed by atoms with Crippen molar-refractivity contribution in [2.75, 3.05) is 11.4 Å². The number of nitrogens with one attached hydrogen (secondary N) is 1. The number of nitrogens with two attached hydrogens (primary N) is 1. The van der Waals surface area contributed by atoms with Crippen LogP contribution in [0.2, 0.25) is 0 Å². The highest BCUT2D eigenvalue weighted by Gasteiger charge is 2.28. The number of aromatic nitrogens is 5. The molecule has 0 saturated carbocycles. The molecule has 0 radical (unpaired) electrons. The Morgan fingerprint density at radius 2 is 2.25 bits per heavy atom. The van der Waals surface area contributed by atoms with Crippen LogP contribution in [-0.4, -0.2) is 43.6 Å². The third-order valence-corrected chi connectivity index (χ3v) is 4.05. The van der Waals surface area contributed by atoms with Gasteiger partial charge in [-0.15, -0.1) is 5.10 Å². The smallest absolute Gasteiger partial charge is 0.245 e. The van der Waals surface area contributed by atoms with Crippen molar-refractivity contribution in [1.29, 1.82) is 0 Å². The molecule has 3 N–H and O–H groups in total. The molecule has 1 aliphatic heterocycles. The second-order valence-electron chi connectivity index (χ2n) is 5.53. The molecule has 0 aromatic carbocycles. The molecule has 0 aliphatic carbocycles. The molecule has 20 heavy (non-hydrogen) atoms. The fourth-order valence-corrected chi connectivity index (χ4v) is 2.79. The maximum Gasteiger partial charge on any atom is 0.245 e. The average molecular weight is 275 g/mol. The molecule has 0 amide bonds. The molecule has 1 aliphatic rings. The zero-order valence-electron chi connectivity index (χ0n) is 12.2. The highest BCUT2D eigenvalue weighted by molar-refractivity contribution is 5.58. The first-order chi connectivity index (χ1) is 9.56. The van der Waals surface area contributed by atoms with E-state index < -0.39 is 0 Å². The van der Waals surface area contributed by atoms with E-state index >= 15 is 0 Å². The monoisotopic (exact) mass is 275 g/mol. The minimum absolute atomic E-state index is 0.186. The highest BCUT2D eigenvalue weighted by Crippen LogP contribution is 2.24. The SMILES string of the molecule is Cc1nn(C)cc1-c1nc(N2CCCC(N)C2C)n[nH]1. The largest absolute Gasteiger partial charge is 0.335 e. The van der Waals surface area contributed by atoms with Crippen molar-refractivity contribution >= 4 is 5.95 Å². The molecule has 2 unspecified atom stereocenters. The predicted molar refractivity (Wildman–Crippen MR) is 77.3 cm³/mol. The van der Waals surface area contributed by atoms with Crippen molar-refractivity contribution < 1.29 is 0 Å². The van der Waals surface area contributed by atoms with Gasteiger partial charge in [-0.1, -0.05) is 0 Å². The highest BCUT2D eigenvalue weighted by atomic mass is 15.4. The first-order valence-corrected chi connectivity index (χ1v) is 7.01. The standard InChI is InChI=1S/C13H21N7/c1-8-10(7-19(3)18-8)12-15-13(17-16-12)20-6-4-5-11(14)9(20)2/h7,9,11H,4-6,14H2,1-3H3,(H,15,16,17). The van der Waals surface area contributed by atoms with Gasteiger partial charge in [-0.25, -0.2) is 0 Å². The van der Waals surface area contributed by atoms with E-state index in [1.54, 1.807) is 4.68 Å². The number of aryl methyl sites for hydroxylation is 2. The van der Waals surface area contributed by atoms with Gasteiger partial charge < -0.3 is 10.6 Å². The van der Waals surface area contributed by atoms with Crippen LogP contribution < -0.4 is 10.6 Å². The molecule has 3 heterocycles. The number of anilines is 1. The minimum atomic E-state index is 0.186. The lowest BCUT2D eigenvalue weighted by Gasteiger charge is -2.36. The van der Waals surface area contributed by atoms with Crippen LogP contribution in [0.5, 0.6) is 0 Å². The second kappa shape index (κ2) is 4.90. The molecular formula is C13H21N7. The number of nitrogens with zero attached hydrogens (tertiary/aromatic N) is 5. The molecule has 2 aromatic heterocycles. The van der Waals surface area contributed by atoms with E-state index in [0.29, 0.717) is 0 Å². The van der Waals surface area contributed by atoms with E-state index in [1.807, 2.05) is 20.2 Å². The van der Waals surface area contributed by atoms with Crippen LogP contribution >= 0.6 is 0 Å². The van der Waals surface area contributed by atoms with Gasteiger partial charge in [0.25, 0.3) is 0 Å². The molecule has 108 valence electrons. The molecule has 2 aromatic rings. The van der Waals surface area contributed by atoms with Crippen molar-refractivity contribution in [2.45, 2.75) is 38.8 Å². The number of H-pyrrole nitrogens is 1. The van der Waals surface area contributed by atoms with Crippen LogP contribution in [0.3, 0.4) is 0 Å². The first-order valence-electron chi connectivity index (χ1n) is 7.01. The van der Waals surface area contributed by atoms with Crippen LogP contribution in [0.4, 0.5) is 5.95 Å². The van der Waals surface area contributed by atoms with Gasteiger partial charge in [0.1, 0.15) is 0 Å². The minimum Gasteiger partial charge on any atom is -0.335 e. The van der Waals surface area contributed by atoms with E-state index in [4.69, 9.17) is 5.73 Å². The number of aromatic amines is 1. The molecule has 3 rings (SSSR count). The van der Waals surface area contributed by atoms with E-state index in [9.17, 15) is 0 Å². The number of piperidine rings is 1. The summed E-state index contributed by atoms with van der Waals surface area (Å²) in [6.45, 7) is 5.06. The predicted octanol–water partition coefficient (Wildman–Crippen LogP) is 0.830. The third kappa shape index (κ3) is 2.18.